The Kier molecular flexibility index (Phi) is 8.74. The van der Waals surface area contributed by atoms with Gasteiger partial charge in [0, 0.05) is 0 Å². The number of carbonyl (C=O) groups is 1. The summed E-state index contributed by atoms with van der Waals surface area (Å²) >= 11 is 0. The molecule has 0 saturated carbocycles. The van der Waals surface area contributed by atoms with Crippen LogP contribution in [-0.2, 0) is 4.79 Å². The fourth-order valence-corrected chi connectivity index (χ4v) is 1.41. The summed E-state index contributed by atoms with van der Waals surface area (Å²) in [6, 6.07) is 7.35. The molecule has 1 aromatic carbocycles. The average Bonchev–Trinajstić information content (AvgIpc) is 2.38. The normalized spacial score (nSPS) is 11.1. The Hall–Kier alpha value is -1.46. The molecule has 0 aromatic heterocycles. The molecule has 19 heavy (non-hydrogen) atoms. The summed E-state index contributed by atoms with van der Waals surface area (Å²) in [4.78, 5) is 11.2. The number of ether oxygens (including phenoxy) is 2. The Bertz CT molecular complexity index is 371. The molecule has 5 nitrogen and oxygen atoms in total. The maximum Gasteiger partial charge on any atom is 0.234 e. The molecule has 1 amide bonds. The molecule has 0 radical (unpaired) electrons. The van der Waals surface area contributed by atoms with Crippen LogP contribution in [0.5, 0.6) is 11.5 Å². The number of nitrogens with one attached hydrogen (secondary N) is 2. The van der Waals surface area contributed by atoms with Gasteiger partial charge in [-0.05, 0) is 38.2 Å². The minimum Gasteiger partial charge on any atom is -0.497 e. The Labute approximate surface area is 120 Å². The minimum absolute atomic E-state index is 0. The maximum atomic E-state index is 11.2. The van der Waals surface area contributed by atoms with Gasteiger partial charge in [-0.1, -0.05) is 0 Å². The third kappa shape index (κ3) is 6.88. The van der Waals surface area contributed by atoms with Crippen LogP contribution in [-0.4, -0.2) is 39.3 Å². The molecule has 108 valence electrons. The van der Waals surface area contributed by atoms with Crippen LogP contribution in [0.15, 0.2) is 24.3 Å². The first kappa shape index (κ1) is 17.5. The quantitative estimate of drug-likeness (QED) is 0.792. The summed E-state index contributed by atoms with van der Waals surface area (Å²) in [7, 11) is 3.35. The molecule has 0 bridgehead atoms. The molecule has 0 spiro atoms. The molecule has 0 fully saturated rings. The number of amides is 1. The van der Waals surface area contributed by atoms with Crippen LogP contribution >= 0.6 is 12.4 Å². The highest BCUT2D eigenvalue weighted by Crippen LogP contribution is 2.17. The van der Waals surface area contributed by atoms with E-state index in [0.29, 0.717) is 13.1 Å². The molecule has 0 aliphatic carbocycles. The molecule has 6 heteroatoms. The fourth-order valence-electron chi connectivity index (χ4n) is 1.41. The van der Waals surface area contributed by atoms with Crippen LogP contribution in [0.3, 0.4) is 0 Å². The van der Waals surface area contributed by atoms with E-state index >= 15 is 0 Å². The van der Waals surface area contributed by atoms with E-state index in [9.17, 15) is 4.79 Å². The molecule has 1 atom stereocenters. The number of hydrogen-bond donors (Lipinski definition) is 2. The summed E-state index contributed by atoms with van der Waals surface area (Å²) in [5.41, 5.74) is 0. The lowest BCUT2D eigenvalue weighted by Gasteiger charge is -2.15. The molecular weight excluding hydrogens is 268 g/mol. The van der Waals surface area contributed by atoms with E-state index in [1.807, 2.05) is 31.2 Å². The van der Waals surface area contributed by atoms with E-state index in [1.165, 1.54) is 0 Å². The second-order valence-corrected chi connectivity index (χ2v) is 3.94. The molecule has 1 aromatic rings. The summed E-state index contributed by atoms with van der Waals surface area (Å²) < 4.78 is 10.7. The largest absolute Gasteiger partial charge is 0.497 e. The van der Waals surface area contributed by atoms with Gasteiger partial charge in [-0.25, -0.2) is 0 Å². The number of rotatable bonds is 7. The van der Waals surface area contributed by atoms with Gasteiger partial charge in [0.25, 0.3) is 0 Å². The predicted molar refractivity (Wildman–Crippen MR) is 77.3 cm³/mol. The molecule has 1 unspecified atom stereocenters. The average molecular weight is 289 g/mol. The Morgan fingerprint density at radius 2 is 1.84 bits per heavy atom. The van der Waals surface area contributed by atoms with Gasteiger partial charge in [-0.3, -0.25) is 4.79 Å². The van der Waals surface area contributed by atoms with Crippen molar-refractivity contribution in [3.05, 3.63) is 24.3 Å². The molecule has 1 rings (SSSR count). The summed E-state index contributed by atoms with van der Waals surface area (Å²) in [5, 5.41) is 5.56. The lowest BCUT2D eigenvalue weighted by molar-refractivity contribution is -0.120. The third-order valence-electron chi connectivity index (χ3n) is 2.32. The van der Waals surface area contributed by atoms with Crippen LogP contribution in [0, 0.1) is 0 Å². The van der Waals surface area contributed by atoms with Crippen molar-refractivity contribution in [3.63, 3.8) is 0 Å². The summed E-state index contributed by atoms with van der Waals surface area (Å²) in [6.07, 6.45) is -0.0841. The Balaban J connectivity index is 0.00000324. The fraction of sp³-hybridized carbons (Fsp3) is 0.462. The number of halogens is 1. The highest BCUT2D eigenvalue weighted by molar-refractivity contribution is 5.85. The van der Waals surface area contributed by atoms with Crippen LogP contribution < -0.4 is 20.1 Å². The zero-order valence-corrected chi connectivity index (χ0v) is 12.3. The topological polar surface area (TPSA) is 59.6 Å². The zero-order valence-electron chi connectivity index (χ0n) is 11.4. The van der Waals surface area contributed by atoms with E-state index in [-0.39, 0.29) is 24.4 Å². The van der Waals surface area contributed by atoms with Crippen LogP contribution in [0.1, 0.15) is 6.92 Å². The van der Waals surface area contributed by atoms with Crippen molar-refractivity contribution in [2.45, 2.75) is 13.0 Å². The van der Waals surface area contributed by atoms with Gasteiger partial charge in [0.05, 0.1) is 20.2 Å². The van der Waals surface area contributed by atoms with Crippen molar-refractivity contribution in [2.75, 3.05) is 27.2 Å². The second kappa shape index (κ2) is 9.47. The van der Waals surface area contributed by atoms with E-state index in [0.717, 1.165) is 11.5 Å². The van der Waals surface area contributed by atoms with Crippen LogP contribution in [0.2, 0.25) is 0 Å². The summed E-state index contributed by atoms with van der Waals surface area (Å²) in [5.74, 6) is 1.51. The first-order chi connectivity index (χ1) is 8.65. The van der Waals surface area contributed by atoms with E-state index in [2.05, 4.69) is 10.6 Å². The van der Waals surface area contributed by atoms with Crippen molar-refractivity contribution < 1.29 is 14.3 Å². The second-order valence-electron chi connectivity index (χ2n) is 3.94. The highest BCUT2D eigenvalue weighted by atomic mass is 35.5. The Morgan fingerprint density at radius 1 is 1.26 bits per heavy atom. The number of hydrogen-bond acceptors (Lipinski definition) is 4. The standard InChI is InChI=1S/C13H20N2O3.ClH/c1-10(8-15-13(16)9-14-2)18-12-6-4-11(17-3)5-7-12;/h4-7,10,14H,8-9H2,1-3H3,(H,15,16);1H. The van der Waals surface area contributed by atoms with Gasteiger partial charge in [-0.15, -0.1) is 12.4 Å². The SMILES string of the molecule is CNCC(=O)NCC(C)Oc1ccc(OC)cc1.Cl. The van der Waals surface area contributed by atoms with E-state index in [4.69, 9.17) is 9.47 Å². The maximum absolute atomic E-state index is 11.2. The molecule has 2 N–H and O–H groups in total. The lowest BCUT2D eigenvalue weighted by Crippen LogP contribution is -2.38. The number of benzene rings is 1. The van der Waals surface area contributed by atoms with Crippen molar-refractivity contribution in [1.82, 2.24) is 10.6 Å². The molecule has 0 saturated heterocycles. The third-order valence-corrected chi connectivity index (χ3v) is 2.32. The highest BCUT2D eigenvalue weighted by Gasteiger charge is 2.06. The van der Waals surface area contributed by atoms with E-state index in [1.54, 1.807) is 14.2 Å². The molecule has 0 aliphatic rings. The zero-order chi connectivity index (χ0) is 13.4. The van der Waals surface area contributed by atoms with Gasteiger partial charge in [-0.2, -0.15) is 0 Å². The molecule has 0 aliphatic heterocycles. The predicted octanol–water partition coefficient (Wildman–Crippen LogP) is 1.22. The van der Waals surface area contributed by atoms with Gasteiger partial charge in [0.1, 0.15) is 17.6 Å². The van der Waals surface area contributed by atoms with Gasteiger partial charge >= 0.3 is 0 Å². The number of methoxy groups -OCH3 is 1. The van der Waals surface area contributed by atoms with Crippen molar-refractivity contribution >= 4 is 18.3 Å². The van der Waals surface area contributed by atoms with Gasteiger partial charge in [0.15, 0.2) is 0 Å². The van der Waals surface area contributed by atoms with Crippen molar-refractivity contribution in [2.24, 2.45) is 0 Å². The number of likely N-dealkylation sites (N-methyl/N-ethyl adjacent to an activating group) is 1. The minimum atomic E-state index is -0.0841. The first-order valence-corrected chi connectivity index (χ1v) is 5.87. The van der Waals surface area contributed by atoms with Crippen LogP contribution in [0.4, 0.5) is 0 Å². The van der Waals surface area contributed by atoms with Crippen molar-refractivity contribution in [3.8, 4) is 11.5 Å². The summed E-state index contributed by atoms with van der Waals surface area (Å²) in [6.45, 7) is 2.70. The molecule has 0 heterocycles. The smallest absolute Gasteiger partial charge is 0.234 e. The lowest BCUT2D eigenvalue weighted by atomic mass is 10.3. The van der Waals surface area contributed by atoms with E-state index < -0.39 is 0 Å². The van der Waals surface area contributed by atoms with Crippen molar-refractivity contribution in [1.29, 1.82) is 0 Å². The van der Waals surface area contributed by atoms with Gasteiger partial charge < -0.3 is 20.1 Å². The monoisotopic (exact) mass is 288 g/mol. The first-order valence-electron chi connectivity index (χ1n) is 5.87. The van der Waals surface area contributed by atoms with Gasteiger partial charge in [0.2, 0.25) is 5.91 Å². The number of carbonyl (C=O) groups excluding carboxylic acids is 1. The van der Waals surface area contributed by atoms with Crippen LogP contribution in [0.25, 0.3) is 0 Å². The Morgan fingerprint density at radius 3 is 2.37 bits per heavy atom. The molecular formula is C13H21ClN2O3.